The Morgan fingerprint density at radius 2 is 2.00 bits per heavy atom. The van der Waals surface area contributed by atoms with E-state index in [1.54, 1.807) is 24.5 Å². The smallest absolute Gasteiger partial charge is 0.335 e. The number of hydrogen-bond acceptors (Lipinski definition) is 3. The molecular weight excluding hydrogens is 254 g/mol. The summed E-state index contributed by atoms with van der Waals surface area (Å²) in [4.78, 5) is 15.1. The number of nitriles is 1. The van der Waals surface area contributed by atoms with Gasteiger partial charge in [-0.15, -0.1) is 0 Å². The summed E-state index contributed by atoms with van der Waals surface area (Å²) in [7, 11) is 0. The molecule has 1 aromatic carbocycles. The van der Waals surface area contributed by atoms with E-state index < -0.39 is 5.97 Å². The zero-order chi connectivity index (χ0) is 14.1. The van der Waals surface area contributed by atoms with Crippen LogP contribution in [0, 0.1) is 11.3 Å². The first-order valence-corrected chi connectivity index (χ1v) is 5.90. The van der Waals surface area contributed by atoms with Crippen LogP contribution in [0.3, 0.4) is 0 Å². The number of aromatic nitrogens is 2. The van der Waals surface area contributed by atoms with E-state index in [2.05, 4.69) is 11.1 Å². The number of imidazole rings is 1. The predicted octanol–water partition coefficient (Wildman–Crippen LogP) is 2.57. The van der Waals surface area contributed by atoms with E-state index in [4.69, 9.17) is 10.4 Å². The van der Waals surface area contributed by atoms with Crippen LogP contribution in [0.5, 0.6) is 0 Å². The van der Waals surface area contributed by atoms with Gasteiger partial charge in [-0.05, 0) is 24.3 Å². The fourth-order valence-electron chi connectivity index (χ4n) is 2.04. The molecule has 0 atom stereocenters. The normalized spacial score (nSPS) is 10.3. The van der Waals surface area contributed by atoms with E-state index in [9.17, 15) is 4.79 Å². The molecular formula is C15H9N3O2. The zero-order valence-electron chi connectivity index (χ0n) is 10.3. The lowest BCUT2D eigenvalue weighted by Crippen LogP contribution is -1.98. The SMILES string of the molecule is N#Cc1ccc(-c2cnc3cc(C(=O)O)ccn23)cc1. The second kappa shape index (κ2) is 4.52. The van der Waals surface area contributed by atoms with Gasteiger partial charge in [-0.3, -0.25) is 4.40 Å². The molecule has 2 aromatic heterocycles. The molecule has 96 valence electrons. The van der Waals surface area contributed by atoms with Crippen LogP contribution in [0.1, 0.15) is 15.9 Å². The van der Waals surface area contributed by atoms with Gasteiger partial charge in [0.2, 0.25) is 0 Å². The van der Waals surface area contributed by atoms with Crippen LogP contribution in [0.15, 0.2) is 48.8 Å². The number of fused-ring (bicyclic) bond motifs is 1. The molecule has 0 saturated carbocycles. The number of carboxylic acid groups (broad SMARTS) is 1. The Morgan fingerprint density at radius 1 is 1.25 bits per heavy atom. The highest BCUT2D eigenvalue weighted by molar-refractivity contribution is 5.88. The minimum Gasteiger partial charge on any atom is -0.478 e. The Hall–Kier alpha value is -3.13. The van der Waals surface area contributed by atoms with Gasteiger partial charge in [0.1, 0.15) is 5.65 Å². The maximum Gasteiger partial charge on any atom is 0.335 e. The van der Waals surface area contributed by atoms with Crippen molar-refractivity contribution in [2.45, 2.75) is 0 Å². The average Bonchev–Trinajstić information content (AvgIpc) is 2.90. The number of carbonyl (C=O) groups is 1. The van der Waals surface area contributed by atoms with E-state index in [-0.39, 0.29) is 5.56 Å². The maximum atomic E-state index is 10.9. The molecule has 0 aliphatic rings. The maximum absolute atomic E-state index is 10.9. The molecule has 0 saturated heterocycles. The molecule has 5 nitrogen and oxygen atoms in total. The van der Waals surface area contributed by atoms with Gasteiger partial charge in [-0.25, -0.2) is 9.78 Å². The minimum absolute atomic E-state index is 0.203. The molecule has 1 N–H and O–H groups in total. The van der Waals surface area contributed by atoms with Gasteiger partial charge >= 0.3 is 5.97 Å². The summed E-state index contributed by atoms with van der Waals surface area (Å²) in [6, 6.07) is 12.3. The second-order valence-electron chi connectivity index (χ2n) is 4.28. The first-order valence-electron chi connectivity index (χ1n) is 5.90. The van der Waals surface area contributed by atoms with Gasteiger partial charge in [0, 0.05) is 11.8 Å². The highest BCUT2D eigenvalue weighted by Crippen LogP contribution is 2.21. The molecule has 2 heterocycles. The van der Waals surface area contributed by atoms with Crippen LogP contribution >= 0.6 is 0 Å². The molecule has 0 amide bonds. The molecule has 0 radical (unpaired) electrons. The summed E-state index contributed by atoms with van der Waals surface area (Å²) in [5, 5.41) is 17.7. The number of carboxylic acids is 1. The van der Waals surface area contributed by atoms with E-state index in [0.29, 0.717) is 11.2 Å². The van der Waals surface area contributed by atoms with Crippen LogP contribution in [0.4, 0.5) is 0 Å². The highest BCUT2D eigenvalue weighted by atomic mass is 16.4. The summed E-state index contributed by atoms with van der Waals surface area (Å²) in [5.74, 6) is -0.976. The molecule has 0 aliphatic carbocycles. The number of pyridine rings is 1. The van der Waals surface area contributed by atoms with E-state index >= 15 is 0 Å². The molecule has 3 rings (SSSR count). The fourth-order valence-corrected chi connectivity index (χ4v) is 2.04. The van der Waals surface area contributed by atoms with Crippen molar-refractivity contribution in [1.82, 2.24) is 9.38 Å². The van der Waals surface area contributed by atoms with Crippen molar-refractivity contribution in [3.8, 4) is 17.3 Å². The van der Waals surface area contributed by atoms with Gasteiger partial charge in [0.05, 0.1) is 29.1 Å². The third-order valence-electron chi connectivity index (χ3n) is 3.07. The molecule has 0 fully saturated rings. The van der Waals surface area contributed by atoms with Crippen molar-refractivity contribution in [3.05, 3.63) is 59.9 Å². The van der Waals surface area contributed by atoms with Crippen molar-refractivity contribution < 1.29 is 9.90 Å². The third kappa shape index (κ3) is 1.89. The molecule has 5 heteroatoms. The fraction of sp³-hybridized carbons (Fsp3) is 0. The van der Waals surface area contributed by atoms with Crippen LogP contribution in [0.2, 0.25) is 0 Å². The number of nitrogens with zero attached hydrogens (tertiary/aromatic N) is 3. The lowest BCUT2D eigenvalue weighted by atomic mass is 10.1. The number of hydrogen-bond donors (Lipinski definition) is 1. The van der Waals surface area contributed by atoms with E-state index in [0.717, 1.165) is 11.3 Å². The Kier molecular flexibility index (Phi) is 2.70. The van der Waals surface area contributed by atoms with Crippen molar-refractivity contribution in [2.24, 2.45) is 0 Å². The monoisotopic (exact) mass is 263 g/mol. The summed E-state index contributed by atoms with van der Waals surface area (Å²) >= 11 is 0. The summed E-state index contributed by atoms with van der Waals surface area (Å²) in [6.07, 6.45) is 3.36. The van der Waals surface area contributed by atoms with Gasteiger partial charge in [-0.1, -0.05) is 12.1 Å². The lowest BCUT2D eigenvalue weighted by Gasteiger charge is -2.02. The topological polar surface area (TPSA) is 78.4 Å². The third-order valence-corrected chi connectivity index (χ3v) is 3.07. The highest BCUT2D eigenvalue weighted by Gasteiger charge is 2.09. The lowest BCUT2D eigenvalue weighted by molar-refractivity contribution is 0.0697. The average molecular weight is 263 g/mol. The van der Waals surface area contributed by atoms with Crippen molar-refractivity contribution in [2.75, 3.05) is 0 Å². The van der Waals surface area contributed by atoms with Crippen LogP contribution in [-0.4, -0.2) is 20.5 Å². The minimum atomic E-state index is -0.976. The van der Waals surface area contributed by atoms with Gasteiger partial charge in [0.15, 0.2) is 0 Å². The van der Waals surface area contributed by atoms with Gasteiger partial charge in [-0.2, -0.15) is 5.26 Å². The van der Waals surface area contributed by atoms with E-state index in [1.165, 1.54) is 12.1 Å². The quantitative estimate of drug-likeness (QED) is 0.770. The van der Waals surface area contributed by atoms with E-state index in [1.807, 2.05) is 16.5 Å². The molecule has 0 aliphatic heterocycles. The Bertz CT molecular complexity index is 842. The standard InChI is InChI=1S/C15H9N3O2/c16-8-10-1-3-11(4-2-10)13-9-17-14-7-12(15(19)20)5-6-18(13)14/h1-7,9H,(H,19,20). The number of benzene rings is 1. The largest absolute Gasteiger partial charge is 0.478 e. The van der Waals surface area contributed by atoms with Crippen molar-refractivity contribution >= 4 is 11.6 Å². The summed E-state index contributed by atoms with van der Waals surface area (Å²) < 4.78 is 1.81. The molecule has 0 bridgehead atoms. The number of aromatic carboxylic acids is 1. The second-order valence-corrected chi connectivity index (χ2v) is 4.28. The Labute approximate surface area is 114 Å². The van der Waals surface area contributed by atoms with Crippen LogP contribution in [0.25, 0.3) is 16.9 Å². The summed E-state index contributed by atoms with van der Waals surface area (Å²) in [5.41, 5.74) is 3.13. The molecule has 0 unspecified atom stereocenters. The summed E-state index contributed by atoms with van der Waals surface area (Å²) in [6.45, 7) is 0. The zero-order valence-corrected chi connectivity index (χ0v) is 10.3. The van der Waals surface area contributed by atoms with Crippen molar-refractivity contribution in [1.29, 1.82) is 5.26 Å². The number of rotatable bonds is 2. The molecule has 3 aromatic rings. The Balaban J connectivity index is 2.12. The molecule has 20 heavy (non-hydrogen) atoms. The van der Waals surface area contributed by atoms with Gasteiger partial charge < -0.3 is 5.11 Å². The Morgan fingerprint density at radius 3 is 2.65 bits per heavy atom. The first-order chi connectivity index (χ1) is 9.69. The van der Waals surface area contributed by atoms with Crippen molar-refractivity contribution in [3.63, 3.8) is 0 Å². The predicted molar refractivity (Wildman–Crippen MR) is 72.3 cm³/mol. The van der Waals surface area contributed by atoms with Crippen LogP contribution in [-0.2, 0) is 0 Å². The first kappa shape index (κ1) is 11.9. The molecule has 0 spiro atoms. The van der Waals surface area contributed by atoms with Gasteiger partial charge in [0.25, 0.3) is 0 Å². The van der Waals surface area contributed by atoms with Crippen LogP contribution < -0.4 is 0 Å².